The molecule has 0 saturated carbocycles. The average molecular weight is 237 g/mol. The van der Waals surface area contributed by atoms with Gasteiger partial charge in [0.15, 0.2) is 0 Å². The number of nitrogen functional groups attached to an aromatic ring is 1. The molecule has 0 aliphatic rings. The molecule has 0 saturated heterocycles. The average Bonchev–Trinajstić information content (AvgIpc) is 2.31. The third-order valence-corrected chi connectivity index (χ3v) is 2.75. The summed E-state index contributed by atoms with van der Waals surface area (Å²) >= 11 is 0. The first kappa shape index (κ1) is 13.5. The molecule has 0 aliphatic carbocycles. The minimum Gasteiger partial charge on any atom is -0.384 e. The number of hydrogen-bond acceptors (Lipinski definition) is 2. The number of unbranched alkanes of at least 4 members (excludes halogenated alkanes) is 1. The summed E-state index contributed by atoms with van der Waals surface area (Å²) in [5, 5.41) is 7.50. The van der Waals surface area contributed by atoms with Crippen molar-refractivity contribution in [2.45, 2.75) is 26.7 Å². The SMILES string of the molecule is CCCCN(CC)c1ccc(F)cc1C(=N)N. The van der Waals surface area contributed by atoms with Crippen molar-refractivity contribution in [1.82, 2.24) is 0 Å². The van der Waals surface area contributed by atoms with Crippen molar-refractivity contribution < 1.29 is 4.39 Å². The Labute approximate surface area is 102 Å². The van der Waals surface area contributed by atoms with Crippen LogP contribution in [0.3, 0.4) is 0 Å². The molecular weight excluding hydrogens is 217 g/mol. The van der Waals surface area contributed by atoms with Gasteiger partial charge < -0.3 is 10.6 Å². The van der Waals surface area contributed by atoms with Gasteiger partial charge in [-0.1, -0.05) is 13.3 Å². The zero-order valence-corrected chi connectivity index (χ0v) is 10.5. The lowest BCUT2D eigenvalue weighted by Crippen LogP contribution is -2.27. The van der Waals surface area contributed by atoms with E-state index in [-0.39, 0.29) is 11.7 Å². The Bertz CT molecular complexity index is 390. The third kappa shape index (κ3) is 3.44. The van der Waals surface area contributed by atoms with Crippen LogP contribution in [0, 0.1) is 11.2 Å². The lowest BCUT2D eigenvalue weighted by atomic mass is 10.1. The molecule has 1 aromatic rings. The van der Waals surface area contributed by atoms with Gasteiger partial charge in [-0.2, -0.15) is 0 Å². The molecule has 94 valence electrons. The quantitative estimate of drug-likeness (QED) is 0.590. The number of nitrogens with two attached hydrogens (primary N) is 1. The predicted octanol–water partition coefficient (Wildman–Crippen LogP) is 2.74. The maximum Gasteiger partial charge on any atom is 0.125 e. The van der Waals surface area contributed by atoms with Gasteiger partial charge in [-0.05, 0) is 31.5 Å². The fraction of sp³-hybridized carbons (Fsp3) is 0.462. The molecule has 0 radical (unpaired) electrons. The van der Waals surface area contributed by atoms with Crippen molar-refractivity contribution >= 4 is 11.5 Å². The fourth-order valence-electron chi connectivity index (χ4n) is 1.80. The summed E-state index contributed by atoms with van der Waals surface area (Å²) in [5.41, 5.74) is 6.81. The minimum absolute atomic E-state index is 0.0885. The van der Waals surface area contributed by atoms with Crippen LogP contribution in [0.4, 0.5) is 10.1 Å². The first-order chi connectivity index (χ1) is 8.10. The van der Waals surface area contributed by atoms with Gasteiger partial charge in [-0.3, -0.25) is 5.41 Å². The second-order valence-corrected chi connectivity index (χ2v) is 4.01. The molecule has 0 heterocycles. The highest BCUT2D eigenvalue weighted by Crippen LogP contribution is 2.21. The van der Waals surface area contributed by atoms with Gasteiger partial charge in [0.05, 0.1) is 0 Å². The highest BCUT2D eigenvalue weighted by Gasteiger charge is 2.12. The number of halogens is 1. The van der Waals surface area contributed by atoms with Gasteiger partial charge in [0, 0.05) is 24.3 Å². The second-order valence-electron chi connectivity index (χ2n) is 4.01. The van der Waals surface area contributed by atoms with Crippen molar-refractivity contribution in [3.63, 3.8) is 0 Å². The molecule has 0 bridgehead atoms. The van der Waals surface area contributed by atoms with Crippen molar-refractivity contribution in [2.24, 2.45) is 5.73 Å². The molecule has 1 rings (SSSR count). The molecule has 0 aliphatic heterocycles. The molecule has 1 aromatic carbocycles. The molecule has 0 atom stereocenters. The maximum absolute atomic E-state index is 13.2. The Morgan fingerprint density at radius 1 is 1.41 bits per heavy atom. The summed E-state index contributed by atoms with van der Waals surface area (Å²) in [6.45, 7) is 5.90. The zero-order chi connectivity index (χ0) is 12.8. The summed E-state index contributed by atoms with van der Waals surface area (Å²) < 4.78 is 13.2. The fourth-order valence-corrected chi connectivity index (χ4v) is 1.80. The molecule has 0 amide bonds. The Hall–Kier alpha value is -1.58. The highest BCUT2D eigenvalue weighted by atomic mass is 19.1. The van der Waals surface area contributed by atoms with Crippen LogP contribution in [0.2, 0.25) is 0 Å². The van der Waals surface area contributed by atoms with Crippen LogP contribution in [-0.4, -0.2) is 18.9 Å². The maximum atomic E-state index is 13.2. The van der Waals surface area contributed by atoms with Crippen molar-refractivity contribution in [3.8, 4) is 0 Å². The molecular formula is C13H20FN3. The summed E-state index contributed by atoms with van der Waals surface area (Å²) in [6, 6.07) is 4.44. The molecule has 0 aromatic heterocycles. The van der Waals surface area contributed by atoms with Crippen LogP contribution in [0.15, 0.2) is 18.2 Å². The van der Waals surface area contributed by atoms with E-state index in [0.717, 1.165) is 31.6 Å². The standard InChI is InChI=1S/C13H20FN3/c1-3-5-8-17(4-2)12-7-6-10(14)9-11(12)13(15)16/h6-7,9H,3-5,8H2,1-2H3,(H3,15,16). The number of anilines is 1. The van der Waals surface area contributed by atoms with Crippen LogP contribution >= 0.6 is 0 Å². The van der Waals surface area contributed by atoms with Gasteiger partial charge in [-0.15, -0.1) is 0 Å². The molecule has 4 heteroatoms. The van der Waals surface area contributed by atoms with E-state index in [1.807, 2.05) is 6.92 Å². The molecule has 0 spiro atoms. The van der Waals surface area contributed by atoms with E-state index in [1.54, 1.807) is 6.07 Å². The monoisotopic (exact) mass is 237 g/mol. The predicted molar refractivity (Wildman–Crippen MR) is 70.2 cm³/mol. The number of benzene rings is 1. The third-order valence-electron chi connectivity index (χ3n) is 2.75. The lowest BCUT2D eigenvalue weighted by Gasteiger charge is -2.25. The minimum atomic E-state index is -0.356. The van der Waals surface area contributed by atoms with Crippen molar-refractivity contribution in [3.05, 3.63) is 29.6 Å². The topological polar surface area (TPSA) is 53.1 Å². The van der Waals surface area contributed by atoms with Gasteiger partial charge in [0.1, 0.15) is 11.7 Å². The van der Waals surface area contributed by atoms with E-state index in [1.165, 1.54) is 12.1 Å². The first-order valence-corrected chi connectivity index (χ1v) is 5.99. The summed E-state index contributed by atoms with van der Waals surface area (Å²) in [6.07, 6.45) is 2.18. The number of nitrogens with one attached hydrogen (secondary N) is 1. The zero-order valence-electron chi connectivity index (χ0n) is 10.5. The van der Waals surface area contributed by atoms with Crippen molar-refractivity contribution in [1.29, 1.82) is 5.41 Å². The Balaban J connectivity index is 3.05. The van der Waals surface area contributed by atoms with Crippen LogP contribution in [0.25, 0.3) is 0 Å². The lowest BCUT2D eigenvalue weighted by molar-refractivity contribution is 0.626. The smallest absolute Gasteiger partial charge is 0.125 e. The molecule has 3 nitrogen and oxygen atoms in total. The number of rotatable bonds is 6. The Morgan fingerprint density at radius 2 is 2.12 bits per heavy atom. The van der Waals surface area contributed by atoms with Crippen LogP contribution in [-0.2, 0) is 0 Å². The Morgan fingerprint density at radius 3 is 2.65 bits per heavy atom. The van der Waals surface area contributed by atoms with E-state index in [0.29, 0.717) is 5.56 Å². The normalized spacial score (nSPS) is 10.3. The number of hydrogen-bond donors (Lipinski definition) is 2. The highest BCUT2D eigenvalue weighted by molar-refractivity contribution is 6.00. The number of nitrogens with zero attached hydrogens (tertiary/aromatic N) is 1. The summed E-state index contributed by atoms with van der Waals surface area (Å²) in [7, 11) is 0. The summed E-state index contributed by atoms with van der Waals surface area (Å²) in [4.78, 5) is 2.12. The largest absolute Gasteiger partial charge is 0.384 e. The molecule has 3 N–H and O–H groups in total. The first-order valence-electron chi connectivity index (χ1n) is 5.99. The van der Waals surface area contributed by atoms with Crippen LogP contribution in [0.1, 0.15) is 32.3 Å². The van der Waals surface area contributed by atoms with E-state index in [2.05, 4.69) is 11.8 Å². The van der Waals surface area contributed by atoms with Gasteiger partial charge >= 0.3 is 0 Å². The van der Waals surface area contributed by atoms with E-state index in [4.69, 9.17) is 11.1 Å². The molecule has 0 fully saturated rings. The van der Waals surface area contributed by atoms with E-state index < -0.39 is 0 Å². The number of amidine groups is 1. The van der Waals surface area contributed by atoms with Crippen LogP contribution in [0.5, 0.6) is 0 Å². The van der Waals surface area contributed by atoms with Crippen LogP contribution < -0.4 is 10.6 Å². The molecule has 17 heavy (non-hydrogen) atoms. The second kappa shape index (κ2) is 6.23. The Kier molecular flexibility index (Phi) is 4.94. The van der Waals surface area contributed by atoms with Crippen molar-refractivity contribution in [2.75, 3.05) is 18.0 Å². The van der Waals surface area contributed by atoms with E-state index in [9.17, 15) is 4.39 Å². The van der Waals surface area contributed by atoms with E-state index >= 15 is 0 Å². The summed E-state index contributed by atoms with van der Waals surface area (Å²) in [5.74, 6) is -0.444. The molecule has 0 unspecified atom stereocenters. The van der Waals surface area contributed by atoms with Gasteiger partial charge in [0.25, 0.3) is 0 Å². The van der Waals surface area contributed by atoms with Gasteiger partial charge in [-0.25, -0.2) is 4.39 Å². The van der Waals surface area contributed by atoms with Gasteiger partial charge in [0.2, 0.25) is 0 Å².